The van der Waals surface area contributed by atoms with Crippen LogP contribution in [0.15, 0.2) is 0 Å². The molecular weight excluding hydrogens is 232 g/mol. The summed E-state index contributed by atoms with van der Waals surface area (Å²) in [6.07, 6.45) is 12.8. The highest BCUT2D eigenvalue weighted by molar-refractivity contribution is 4.82. The van der Waals surface area contributed by atoms with E-state index in [0.29, 0.717) is 0 Å². The largest absolute Gasteiger partial charge is 0.311 e. The summed E-state index contributed by atoms with van der Waals surface area (Å²) in [6.45, 7) is 8.64. The van der Waals surface area contributed by atoms with Crippen molar-refractivity contribution >= 4 is 0 Å². The van der Waals surface area contributed by atoms with Crippen molar-refractivity contribution in [3.8, 4) is 0 Å². The minimum absolute atomic E-state index is 0.737. The van der Waals surface area contributed by atoms with Gasteiger partial charge in [0.1, 0.15) is 0 Å². The van der Waals surface area contributed by atoms with Crippen molar-refractivity contribution in [1.29, 1.82) is 0 Å². The highest BCUT2D eigenvalue weighted by atomic mass is 15.1. The molecule has 19 heavy (non-hydrogen) atoms. The molecule has 1 aliphatic heterocycles. The van der Waals surface area contributed by atoms with Crippen molar-refractivity contribution in [3.05, 3.63) is 0 Å². The molecule has 0 aromatic rings. The van der Waals surface area contributed by atoms with Crippen molar-refractivity contribution in [2.24, 2.45) is 5.92 Å². The number of hydrogen-bond acceptors (Lipinski definition) is 2. The van der Waals surface area contributed by atoms with Crippen LogP contribution in [-0.2, 0) is 0 Å². The predicted molar refractivity (Wildman–Crippen MR) is 83.5 cm³/mol. The lowest BCUT2D eigenvalue weighted by Gasteiger charge is -2.35. The summed E-state index contributed by atoms with van der Waals surface area (Å²) in [6, 6.07) is 1.52. The molecule has 1 heterocycles. The molecule has 2 rings (SSSR count). The van der Waals surface area contributed by atoms with E-state index in [4.69, 9.17) is 0 Å². The van der Waals surface area contributed by atoms with Crippen LogP contribution in [0.1, 0.15) is 71.6 Å². The summed E-state index contributed by atoms with van der Waals surface area (Å²) in [5.41, 5.74) is 0. The second-order valence-electron chi connectivity index (χ2n) is 6.82. The van der Waals surface area contributed by atoms with Gasteiger partial charge in [0, 0.05) is 12.1 Å². The number of likely N-dealkylation sites (tertiary alicyclic amines) is 1. The van der Waals surface area contributed by atoms with E-state index < -0.39 is 0 Å². The molecule has 1 saturated carbocycles. The fourth-order valence-electron chi connectivity index (χ4n) is 3.96. The third-order valence-corrected chi connectivity index (χ3v) is 5.23. The molecule has 0 aromatic heterocycles. The Hall–Kier alpha value is -0.0800. The van der Waals surface area contributed by atoms with Crippen LogP contribution < -0.4 is 5.32 Å². The van der Waals surface area contributed by atoms with E-state index in [1.165, 1.54) is 77.4 Å². The normalized spacial score (nSPS) is 26.2. The molecule has 0 radical (unpaired) electrons. The van der Waals surface area contributed by atoms with Gasteiger partial charge in [-0.2, -0.15) is 0 Å². The van der Waals surface area contributed by atoms with Gasteiger partial charge >= 0.3 is 0 Å². The summed E-state index contributed by atoms with van der Waals surface area (Å²) in [5, 5.41) is 3.95. The fourth-order valence-corrected chi connectivity index (χ4v) is 3.96. The maximum Gasteiger partial charge on any atom is 0.00940 e. The zero-order valence-corrected chi connectivity index (χ0v) is 13.2. The SMILES string of the molecule is CCCN1CCC(N[C@@H](C)C2CCCCCC2)CC1. The summed E-state index contributed by atoms with van der Waals surface area (Å²) >= 11 is 0. The van der Waals surface area contributed by atoms with E-state index in [-0.39, 0.29) is 0 Å². The summed E-state index contributed by atoms with van der Waals surface area (Å²) in [7, 11) is 0. The Morgan fingerprint density at radius 1 is 1.00 bits per heavy atom. The predicted octanol–water partition coefficient (Wildman–Crippen LogP) is 3.81. The molecule has 2 fully saturated rings. The highest BCUT2D eigenvalue weighted by Gasteiger charge is 2.24. The van der Waals surface area contributed by atoms with Crippen molar-refractivity contribution < 1.29 is 0 Å². The van der Waals surface area contributed by atoms with E-state index in [1.54, 1.807) is 0 Å². The van der Waals surface area contributed by atoms with Crippen LogP contribution in [0.5, 0.6) is 0 Å². The Morgan fingerprint density at radius 3 is 2.21 bits per heavy atom. The van der Waals surface area contributed by atoms with E-state index in [1.807, 2.05) is 0 Å². The van der Waals surface area contributed by atoms with Gasteiger partial charge in [-0.25, -0.2) is 0 Å². The first-order valence-electron chi connectivity index (χ1n) is 8.78. The van der Waals surface area contributed by atoms with Crippen molar-refractivity contribution in [2.45, 2.75) is 83.7 Å². The van der Waals surface area contributed by atoms with Gasteiger partial charge < -0.3 is 10.2 Å². The van der Waals surface area contributed by atoms with Crippen molar-refractivity contribution in [3.63, 3.8) is 0 Å². The molecule has 0 amide bonds. The Balaban J connectivity index is 1.69. The number of hydrogen-bond donors (Lipinski definition) is 1. The molecule has 1 aliphatic carbocycles. The van der Waals surface area contributed by atoms with Gasteiger partial charge in [0.25, 0.3) is 0 Å². The lowest BCUT2D eigenvalue weighted by Crippen LogP contribution is -2.47. The van der Waals surface area contributed by atoms with Crippen molar-refractivity contribution in [1.82, 2.24) is 10.2 Å². The third kappa shape index (κ3) is 5.07. The molecule has 2 nitrogen and oxygen atoms in total. The summed E-state index contributed by atoms with van der Waals surface area (Å²) in [5.74, 6) is 0.941. The van der Waals surface area contributed by atoms with Gasteiger partial charge in [0.05, 0.1) is 0 Å². The summed E-state index contributed by atoms with van der Waals surface area (Å²) in [4.78, 5) is 2.63. The minimum Gasteiger partial charge on any atom is -0.311 e. The van der Waals surface area contributed by atoms with Gasteiger partial charge in [-0.1, -0.05) is 32.6 Å². The summed E-state index contributed by atoms with van der Waals surface area (Å²) < 4.78 is 0. The molecule has 0 unspecified atom stereocenters. The lowest BCUT2D eigenvalue weighted by atomic mass is 9.91. The molecule has 1 N–H and O–H groups in total. The molecular formula is C17H34N2. The quantitative estimate of drug-likeness (QED) is 0.761. The molecule has 112 valence electrons. The van der Waals surface area contributed by atoms with Crippen LogP contribution in [0.25, 0.3) is 0 Å². The van der Waals surface area contributed by atoms with Gasteiger partial charge in [0.2, 0.25) is 0 Å². The zero-order valence-electron chi connectivity index (χ0n) is 13.2. The van der Waals surface area contributed by atoms with Gasteiger partial charge in [0.15, 0.2) is 0 Å². The van der Waals surface area contributed by atoms with Gasteiger partial charge in [-0.15, -0.1) is 0 Å². The first-order chi connectivity index (χ1) is 9.29. The van der Waals surface area contributed by atoms with E-state index >= 15 is 0 Å². The second-order valence-corrected chi connectivity index (χ2v) is 6.82. The van der Waals surface area contributed by atoms with E-state index in [9.17, 15) is 0 Å². The van der Waals surface area contributed by atoms with Crippen LogP contribution in [0, 0.1) is 5.92 Å². The molecule has 0 spiro atoms. The minimum atomic E-state index is 0.737. The monoisotopic (exact) mass is 266 g/mol. The zero-order chi connectivity index (χ0) is 13.5. The maximum absolute atomic E-state index is 3.95. The average Bonchev–Trinajstić information content (AvgIpc) is 2.70. The number of nitrogens with one attached hydrogen (secondary N) is 1. The molecule has 1 atom stereocenters. The molecule has 2 heteroatoms. The topological polar surface area (TPSA) is 15.3 Å². The third-order valence-electron chi connectivity index (χ3n) is 5.23. The van der Waals surface area contributed by atoms with Crippen LogP contribution >= 0.6 is 0 Å². The first kappa shape index (κ1) is 15.3. The lowest BCUT2D eigenvalue weighted by molar-refractivity contribution is 0.181. The molecule has 0 bridgehead atoms. The molecule has 2 aliphatic rings. The van der Waals surface area contributed by atoms with Crippen LogP contribution in [0.2, 0.25) is 0 Å². The number of piperidine rings is 1. The fraction of sp³-hybridized carbons (Fsp3) is 1.00. The number of rotatable bonds is 5. The Bertz CT molecular complexity index is 225. The van der Waals surface area contributed by atoms with Crippen LogP contribution in [-0.4, -0.2) is 36.6 Å². The maximum atomic E-state index is 3.95. The standard InChI is InChI=1S/C17H34N2/c1-3-12-19-13-10-17(11-14-19)18-15(2)16-8-6-4-5-7-9-16/h15-18H,3-14H2,1-2H3/t15-/m0/s1. The Morgan fingerprint density at radius 2 is 1.63 bits per heavy atom. The van der Waals surface area contributed by atoms with Crippen molar-refractivity contribution in [2.75, 3.05) is 19.6 Å². The van der Waals surface area contributed by atoms with Gasteiger partial charge in [-0.3, -0.25) is 0 Å². The van der Waals surface area contributed by atoms with Crippen LogP contribution in [0.3, 0.4) is 0 Å². The van der Waals surface area contributed by atoms with Gasteiger partial charge in [-0.05, 0) is 64.6 Å². The van der Waals surface area contributed by atoms with Crippen LogP contribution in [0.4, 0.5) is 0 Å². The Labute approximate surface area is 120 Å². The average molecular weight is 266 g/mol. The second kappa shape index (κ2) is 8.26. The molecule has 1 saturated heterocycles. The molecule has 0 aromatic carbocycles. The van der Waals surface area contributed by atoms with E-state index in [0.717, 1.165) is 18.0 Å². The Kier molecular flexibility index (Phi) is 6.66. The van der Waals surface area contributed by atoms with E-state index in [2.05, 4.69) is 24.1 Å². The first-order valence-corrected chi connectivity index (χ1v) is 8.78. The number of nitrogens with zero attached hydrogens (tertiary/aromatic N) is 1. The highest BCUT2D eigenvalue weighted by Crippen LogP contribution is 2.26. The smallest absolute Gasteiger partial charge is 0.00940 e.